The lowest BCUT2D eigenvalue weighted by atomic mass is 10.2. The van der Waals surface area contributed by atoms with E-state index in [9.17, 15) is 13.2 Å². The van der Waals surface area contributed by atoms with Crippen LogP contribution in [-0.4, -0.2) is 4.98 Å². The average Bonchev–Trinajstić information content (AvgIpc) is 2.49. The standard InChI is InChI=1S/C6H4F3N3S/c7-6(8,9)5-4(3(11)1-10)12-2-13-5/h2-3H,11H2. The summed E-state index contributed by atoms with van der Waals surface area (Å²) in [7, 11) is 0. The van der Waals surface area contributed by atoms with Gasteiger partial charge in [0.25, 0.3) is 0 Å². The Morgan fingerprint density at radius 2 is 2.23 bits per heavy atom. The Hall–Kier alpha value is -1.13. The summed E-state index contributed by atoms with van der Waals surface area (Å²) in [4.78, 5) is 2.50. The quantitative estimate of drug-likeness (QED) is 0.762. The molecule has 0 spiro atoms. The maximum atomic E-state index is 12.2. The fraction of sp³-hybridized carbons (Fsp3) is 0.333. The molecule has 70 valence electrons. The Labute approximate surface area is 75.6 Å². The molecule has 0 fully saturated rings. The number of nitrogens with two attached hydrogens (primary N) is 1. The van der Waals surface area contributed by atoms with Crippen LogP contribution in [0.4, 0.5) is 13.2 Å². The van der Waals surface area contributed by atoms with Crippen molar-refractivity contribution < 1.29 is 13.2 Å². The molecule has 7 heteroatoms. The van der Waals surface area contributed by atoms with E-state index in [2.05, 4.69) is 4.98 Å². The maximum absolute atomic E-state index is 12.2. The number of hydrogen-bond acceptors (Lipinski definition) is 4. The van der Waals surface area contributed by atoms with Crippen molar-refractivity contribution >= 4 is 11.3 Å². The average molecular weight is 207 g/mol. The Morgan fingerprint density at radius 1 is 1.62 bits per heavy atom. The highest BCUT2D eigenvalue weighted by Crippen LogP contribution is 2.36. The highest BCUT2D eigenvalue weighted by molar-refractivity contribution is 7.09. The van der Waals surface area contributed by atoms with Gasteiger partial charge in [-0.2, -0.15) is 18.4 Å². The van der Waals surface area contributed by atoms with Crippen molar-refractivity contribution in [2.75, 3.05) is 0 Å². The van der Waals surface area contributed by atoms with E-state index in [-0.39, 0.29) is 0 Å². The second kappa shape index (κ2) is 3.32. The monoisotopic (exact) mass is 207 g/mol. The lowest BCUT2D eigenvalue weighted by molar-refractivity contribution is -0.135. The molecular weight excluding hydrogens is 203 g/mol. The van der Waals surface area contributed by atoms with Crippen LogP contribution in [0.5, 0.6) is 0 Å². The summed E-state index contributed by atoms with van der Waals surface area (Å²) in [5.41, 5.74) is 5.74. The number of alkyl halides is 3. The summed E-state index contributed by atoms with van der Waals surface area (Å²) >= 11 is 0.433. The summed E-state index contributed by atoms with van der Waals surface area (Å²) in [5.74, 6) is 0. The van der Waals surface area contributed by atoms with E-state index in [4.69, 9.17) is 11.0 Å². The van der Waals surface area contributed by atoms with Crippen molar-refractivity contribution in [1.82, 2.24) is 4.98 Å². The second-order valence-electron chi connectivity index (χ2n) is 2.17. The Kier molecular flexibility index (Phi) is 2.54. The molecule has 3 nitrogen and oxygen atoms in total. The largest absolute Gasteiger partial charge is 0.427 e. The zero-order valence-electron chi connectivity index (χ0n) is 6.17. The molecule has 1 rings (SSSR count). The van der Waals surface area contributed by atoms with Crippen LogP contribution in [0.3, 0.4) is 0 Å². The van der Waals surface area contributed by atoms with Crippen LogP contribution >= 0.6 is 11.3 Å². The molecule has 0 saturated carbocycles. The van der Waals surface area contributed by atoms with Crippen molar-refractivity contribution in [2.45, 2.75) is 12.2 Å². The molecule has 1 atom stereocenters. The van der Waals surface area contributed by atoms with E-state index < -0.39 is 22.8 Å². The summed E-state index contributed by atoms with van der Waals surface area (Å²) < 4.78 is 36.6. The molecule has 0 aliphatic carbocycles. The maximum Gasteiger partial charge on any atom is 0.427 e. The fourth-order valence-electron chi connectivity index (χ4n) is 0.750. The lowest BCUT2D eigenvalue weighted by Gasteiger charge is -2.06. The van der Waals surface area contributed by atoms with E-state index in [1.807, 2.05) is 0 Å². The van der Waals surface area contributed by atoms with Gasteiger partial charge in [-0.3, -0.25) is 0 Å². The molecule has 1 aromatic heterocycles. The van der Waals surface area contributed by atoms with Gasteiger partial charge in [0.15, 0.2) is 0 Å². The van der Waals surface area contributed by atoms with Crippen LogP contribution in [0.15, 0.2) is 5.51 Å². The molecule has 0 aliphatic rings. The molecule has 0 aliphatic heterocycles. The smallest absolute Gasteiger partial charge is 0.311 e. The Bertz CT molecular complexity index is 338. The van der Waals surface area contributed by atoms with Gasteiger partial charge in [-0.15, -0.1) is 11.3 Å². The van der Waals surface area contributed by atoms with E-state index in [0.29, 0.717) is 11.3 Å². The van der Waals surface area contributed by atoms with Crippen LogP contribution in [0.25, 0.3) is 0 Å². The minimum Gasteiger partial charge on any atom is -0.311 e. The molecule has 13 heavy (non-hydrogen) atoms. The Balaban J connectivity index is 3.12. The summed E-state index contributed by atoms with van der Waals surface area (Å²) in [5, 5.41) is 8.32. The molecule has 2 N–H and O–H groups in total. The number of halogens is 3. The zero-order chi connectivity index (χ0) is 10.1. The topological polar surface area (TPSA) is 62.7 Å². The third-order valence-corrected chi connectivity index (χ3v) is 2.17. The molecule has 0 saturated heterocycles. The first-order valence-corrected chi connectivity index (χ1v) is 4.00. The van der Waals surface area contributed by atoms with Crippen molar-refractivity contribution in [3.05, 3.63) is 16.1 Å². The first kappa shape index (κ1) is 9.95. The highest BCUT2D eigenvalue weighted by atomic mass is 32.1. The van der Waals surface area contributed by atoms with Gasteiger partial charge >= 0.3 is 6.18 Å². The third kappa shape index (κ3) is 1.96. The van der Waals surface area contributed by atoms with Gasteiger partial charge in [-0.05, 0) is 0 Å². The van der Waals surface area contributed by atoms with Crippen LogP contribution in [0.1, 0.15) is 16.6 Å². The van der Waals surface area contributed by atoms with Gasteiger partial charge in [-0.1, -0.05) is 0 Å². The number of rotatable bonds is 1. The van der Waals surface area contributed by atoms with Gasteiger partial charge in [0.05, 0.1) is 17.3 Å². The van der Waals surface area contributed by atoms with Gasteiger partial charge in [0, 0.05) is 0 Å². The molecule has 0 bridgehead atoms. The molecule has 0 amide bonds. The van der Waals surface area contributed by atoms with Crippen LogP contribution in [0, 0.1) is 11.3 Å². The highest BCUT2D eigenvalue weighted by Gasteiger charge is 2.37. The zero-order valence-corrected chi connectivity index (χ0v) is 6.99. The number of nitrogens with zero attached hydrogens (tertiary/aromatic N) is 2. The second-order valence-corrected chi connectivity index (χ2v) is 3.03. The van der Waals surface area contributed by atoms with Crippen molar-refractivity contribution in [3.8, 4) is 6.07 Å². The fourth-order valence-corrected chi connectivity index (χ4v) is 1.46. The summed E-state index contributed by atoms with van der Waals surface area (Å²) in [6.45, 7) is 0. The number of hydrogen-bond donors (Lipinski definition) is 1. The van der Waals surface area contributed by atoms with Crippen LogP contribution in [-0.2, 0) is 6.18 Å². The lowest BCUT2D eigenvalue weighted by Crippen LogP contribution is -2.14. The molecular formula is C6H4F3N3S. The first-order valence-electron chi connectivity index (χ1n) is 3.12. The van der Waals surface area contributed by atoms with E-state index in [1.165, 1.54) is 6.07 Å². The van der Waals surface area contributed by atoms with Gasteiger partial charge in [0.1, 0.15) is 10.9 Å². The summed E-state index contributed by atoms with van der Waals surface area (Å²) in [6, 6.07) is 0.185. The van der Waals surface area contributed by atoms with E-state index in [0.717, 1.165) is 5.51 Å². The number of thiazole rings is 1. The van der Waals surface area contributed by atoms with Crippen LogP contribution < -0.4 is 5.73 Å². The molecule has 1 aromatic rings. The molecule has 0 radical (unpaired) electrons. The van der Waals surface area contributed by atoms with E-state index in [1.54, 1.807) is 0 Å². The SMILES string of the molecule is N#CC(N)c1ncsc1C(F)(F)F. The molecule has 1 heterocycles. The molecule has 1 unspecified atom stereocenters. The first-order chi connectivity index (χ1) is 5.96. The minimum absolute atomic E-state index is 0.403. The third-order valence-electron chi connectivity index (χ3n) is 1.29. The van der Waals surface area contributed by atoms with Crippen molar-refractivity contribution in [1.29, 1.82) is 5.26 Å². The Morgan fingerprint density at radius 3 is 2.69 bits per heavy atom. The minimum atomic E-state index is -4.48. The normalized spacial score (nSPS) is 13.8. The predicted octanol–water partition coefficient (Wildman–Crippen LogP) is 1.69. The van der Waals surface area contributed by atoms with Crippen molar-refractivity contribution in [3.63, 3.8) is 0 Å². The summed E-state index contributed by atoms with van der Waals surface area (Å²) in [6.07, 6.45) is -4.48. The van der Waals surface area contributed by atoms with E-state index >= 15 is 0 Å². The van der Waals surface area contributed by atoms with Crippen molar-refractivity contribution in [2.24, 2.45) is 5.73 Å². The number of nitriles is 1. The molecule has 0 aromatic carbocycles. The van der Waals surface area contributed by atoms with Gasteiger partial charge in [0.2, 0.25) is 0 Å². The van der Waals surface area contributed by atoms with Crippen LogP contribution in [0.2, 0.25) is 0 Å². The number of aromatic nitrogens is 1. The predicted molar refractivity (Wildman–Crippen MR) is 39.7 cm³/mol. The van der Waals surface area contributed by atoms with Gasteiger partial charge in [-0.25, -0.2) is 4.98 Å². The van der Waals surface area contributed by atoms with Gasteiger partial charge < -0.3 is 5.73 Å².